The number of imide groups is 1. The van der Waals surface area contributed by atoms with Gasteiger partial charge in [0.1, 0.15) is 10.7 Å². The van der Waals surface area contributed by atoms with Crippen molar-refractivity contribution in [2.24, 2.45) is 0 Å². The number of carbonyl (C=O) groups excluding carboxylic acids is 3. The number of aryl methyl sites for hydroxylation is 2. The van der Waals surface area contributed by atoms with Crippen molar-refractivity contribution in [3.63, 3.8) is 0 Å². The molecule has 7 heteroatoms. The molecule has 0 unspecified atom stereocenters. The van der Waals surface area contributed by atoms with E-state index in [0.29, 0.717) is 29.9 Å². The molecule has 3 aromatic carbocycles. The summed E-state index contributed by atoms with van der Waals surface area (Å²) in [5, 5.41) is 2.80. The zero-order chi connectivity index (χ0) is 25.1. The molecule has 178 valence electrons. The lowest BCUT2D eigenvalue weighted by Gasteiger charge is -2.22. The third-order valence-electron chi connectivity index (χ3n) is 5.92. The number of benzene rings is 3. The number of nitrogens with zero attached hydrogens (tertiary/aromatic N) is 2. The number of carbonyl (C=O) groups is 3. The minimum absolute atomic E-state index is 0.0107. The Balaban J connectivity index is 1.54. The van der Waals surface area contributed by atoms with Crippen molar-refractivity contribution in [3.8, 4) is 0 Å². The zero-order valence-electron chi connectivity index (χ0n) is 19.8. The maximum absolute atomic E-state index is 13.1. The monoisotopic (exact) mass is 487 g/mol. The van der Waals surface area contributed by atoms with Gasteiger partial charge in [-0.2, -0.15) is 0 Å². The van der Waals surface area contributed by atoms with Gasteiger partial charge in [-0.1, -0.05) is 48.9 Å². The first-order chi connectivity index (χ1) is 16.8. The van der Waals surface area contributed by atoms with Gasteiger partial charge >= 0.3 is 0 Å². The van der Waals surface area contributed by atoms with E-state index in [1.54, 1.807) is 41.3 Å². The number of anilines is 3. The Labute approximate surface area is 209 Å². The number of hydrogen-bond acceptors (Lipinski definition) is 4. The Bertz CT molecular complexity index is 1330. The second kappa shape index (κ2) is 10.2. The molecule has 0 fully saturated rings. The summed E-state index contributed by atoms with van der Waals surface area (Å²) in [5.41, 5.74) is 4.36. The fourth-order valence-electron chi connectivity index (χ4n) is 4.09. The SMILES string of the molecule is CCc1ccccc1N1C(=O)C(Cl)=C(Nc2ccc(C(=O)N(CC)c3cccc(C)c3)cc2)C1=O. The molecule has 1 heterocycles. The third kappa shape index (κ3) is 4.70. The molecule has 1 N–H and O–H groups in total. The minimum atomic E-state index is -0.566. The quantitative estimate of drug-likeness (QED) is 0.436. The zero-order valence-corrected chi connectivity index (χ0v) is 20.6. The average Bonchev–Trinajstić information content (AvgIpc) is 3.07. The predicted octanol–water partition coefficient (Wildman–Crippen LogP) is 5.66. The van der Waals surface area contributed by atoms with E-state index in [-0.39, 0.29) is 16.6 Å². The standard InChI is InChI=1S/C28H26ClN3O3/c1-4-19-10-6-7-12-23(19)32-27(34)24(29)25(28(32)35)30-21-15-13-20(14-16-21)26(33)31(5-2)22-11-8-9-18(3)17-22/h6-17,30H,4-5H2,1-3H3. The molecule has 0 bridgehead atoms. The van der Waals surface area contributed by atoms with Crippen LogP contribution in [0.4, 0.5) is 17.1 Å². The largest absolute Gasteiger partial charge is 0.350 e. The van der Waals surface area contributed by atoms with Gasteiger partial charge in [-0.05, 0) is 73.9 Å². The molecule has 3 aromatic rings. The highest BCUT2D eigenvalue weighted by atomic mass is 35.5. The Morgan fingerprint density at radius 3 is 2.31 bits per heavy atom. The average molecular weight is 488 g/mol. The van der Waals surface area contributed by atoms with E-state index in [9.17, 15) is 14.4 Å². The van der Waals surface area contributed by atoms with Crippen LogP contribution in [0.3, 0.4) is 0 Å². The third-order valence-corrected chi connectivity index (χ3v) is 6.27. The van der Waals surface area contributed by atoms with Gasteiger partial charge in [-0.25, -0.2) is 4.90 Å². The second-order valence-corrected chi connectivity index (χ2v) is 8.59. The van der Waals surface area contributed by atoms with Crippen molar-refractivity contribution < 1.29 is 14.4 Å². The van der Waals surface area contributed by atoms with Crippen LogP contribution in [0, 0.1) is 6.92 Å². The van der Waals surface area contributed by atoms with Crippen LogP contribution in [0.25, 0.3) is 0 Å². The van der Waals surface area contributed by atoms with E-state index in [1.165, 1.54) is 0 Å². The van der Waals surface area contributed by atoms with Crippen molar-refractivity contribution in [2.45, 2.75) is 27.2 Å². The number of nitrogens with one attached hydrogen (secondary N) is 1. The van der Waals surface area contributed by atoms with Gasteiger partial charge in [-0.15, -0.1) is 0 Å². The van der Waals surface area contributed by atoms with E-state index in [0.717, 1.165) is 21.7 Å². The van der Waals surface area contributed by atoms with Crippen molar-refractivity contribution in [1.29, 1.82) is 0 Å². The smallest absolute Gasteiger partial charge is 0.283 e. The Morgan fingerprint density at radius 2 is 1.66 bits per heavy atom. The number of rotatable bonds is 7. The van der Waals surface area contributed by atoms with E-state index < -0.39 is 11.8 Å². The fraction of sp³-hybridized carbons (Fsp3) is 0.179. The van der Waals surface area contributed by atoms with Crippen LogP contribution in [0.1, 0.15) is 35.3 Å². The van der Waals surface area contributed by atoms with Gasteiger partial charge in [0.15, 0.2) is 0 Å². The normalized spacial score (nSPS) is 13.4. The first-order valence-corrected chi connectivity index (χ1v) is 11.9. The number of para-hydroxylation sites is 1. The highest BCUT2D eigenvalue weighted by Crippen LogP contribution is 2.32. The molecule has 4 rings (SSSR count). The molecule has 0 radical (unpaired) electrons. The fourth-order valence-corrected chi connectivity index (χ4v) is 4.31. The minimum Gasteiger partial charge on any atom is -0.350 e. The van der Waals surface area contributed by atoms with Gasteiger partial charge < -0.3 is 10.2 Å². The lowest BCUT2D eigenvalue weighted by molar-refractivity contribution is -0.120. The first kappa shape index (κ1) is 24.2. The highest BCUT2D eigenvalue weighted by molar-refractivity contribution is 6.53. The maximum atomic E-state index is 13.1. The van der Waals surface area contributed by atoms with Gasteiger partial charge in [0, 0.05) is 23.5 Å². The maximum Gasteiger partial charge on any atom is 0.283 e. The molecule has 0 aliphatic carbocycles. The van der Waals surface area contributed by atoms with Gasteiger partial charge in [0.25, 0.3) is 17.7 Å². The number of amides is 3. The van der Waals surface area contributed by atoms with Crippen molar-refractivity contribution in [3.05, 3.63) is 100 Å². The van der Waals surface area contributed by atoms with Crippen LogP contribution >= 0.6 is 11.6 Å². The summed E-state index contributed by atoms with van der Waals surface area (Å²) in [4.78, 5) is 41.9. The molecular formula is C28H26ClN3O3. The molecule has 1 aliphatic rings. The summed E-state index contributed by atoms with van der Waals surface area (Å²) in [6, 6.07) is 21.8. The van der Waals surface area contributed by atoms with Crippen molar-refractivity contribution in [1.82, 2.24) is 0 Å². The van der Waals surface area contributed by atoms with E-state index >= 15 is 0 Å². The summed E-state index contributed by atoms with van der Waals surface area (Å²) in [6.07, 6.45) is 0.667. The van der Waals surface area contributed by atoms with Crippen LogP contribution in [0.2, 0.25) is 0 Å². The second-order valence-electron chi connectivity index (χ2n) is 8.21. The Kier molecular flexibility index (Phi) is 7.03. The molecule has 0 spiro atoms. The lowest BCUT2D eigenvalue weighted by atomic mass is 10.1. The molecule has 1 aliphatic heterocycles. The van der Waals surface area contributed by atoms with Crippen LogP contribution in [-0.4, -0.2) is 24.3 Å². The molecule has 0 atom stereocenters. The Hall–Kier alpha value is -3.90. The molecule has 6 nitrogen and oxygen atoms in total. The molecule has 35 heavy (non-hydrogen) atoms. The summed E-state index contributed by atoms with van der Waals surface area (Å²) in [5.74, 6) is -1.21. The van der Waals surface area contributed by atoms with Gasteiger partial charge in [0.05, 0.1) is 5.69 Å². The summed E-state index contributed by atoms with van der Waals surface area (Å²) in [6.45, 7) is 6.39. The van der Waals surface area contributed by atoms with Crippen LogP contribution in [0.15, 0.2) is 83.5 Å². The van der Waals surface area contributed by atoms with Crippen molar-refractivity contribution >= 4 is 46.4 Å². The number of halogens is 1. The topological polar surface area (TPSA) is 69.7 Å². The summed E-state index contributed by atoms with van der Waals surface area (Å²) >= 11 is 6.28. The highest BCUT2D eigenvalue weighted by Gasteiger charge is 2.39. The van der Waals surface area contributed by atoms with E-state index in [4.69, 9.17) is 11.6 Å². The molecule has 0 saturated heterocycles. The van der Waals surface area contributed by atoms with Crippen LogP contribution in [-0.2, 0) is 16.0 Å². The number of hydrogen-bond donors (Lipinski definition) is 1. The van der Waals surface area contributed by atoms with Crippen molar-refractivity contribution in [2.75, 3.05) is 21.7 Å². The predicted molar refractivity (Wildman–Crippen MR) is 140 cm³/mol. The van der Waals surface area contributed by atoms with Crippen LogP contribution in [0.5, 0.6) is 0 Å². The lowest BCUT2D eigenvalue weighted by Crippen LogP contribution is -2.33. The van der Waals surface area contributed by atoms with Crippen LogP contribution < -0.4 is 15.1 Å². The molecule has 0 saturated carbocycles. The Morgan fingerprint density at radius 1 is 0.943 bits per heavy atom. The first-order valence-electron chi connectivity index (χ1n) is 11.5. The summed E-state index contributed by atoms with van der Waals surface area (Å²) < 4.78 is 0. The molecule has 0 aromatic heterocycles. The molecular weight excluding hydrogens is 462 g/mol. The van der Waals surface area contributed by atoms with E-state index in [1.807, 2.05) is 57.2 Å². The van der Waals surface area contributed by atoms with Gasteiger partial charge in [-0.3, -0.25) is 14.4 Å². The van der Waals surface area contributed by atoms with E-state index in [2.05, 4.69) is 5.32 Å². The molecule has 3 amide bonds. The summed E-state index contributed by atoms with van der Waals surface area (Å²) in [7, 11) is 0. The van der Waals surface area contributed by atoms with Gasteiger partial charge in [0.2, 0.25) is 0 Å².